The lowest BCUT2D eigenvalue weighted by molar-refractivity contribution is -0.148. The topological polar surface area (TPSA) is 74.9 Å². The molecule has 0 aromatic carbocycles. The van der Waals surface area contributed by atoms with Crippen molar-refractivity contribution in [3.63, 3.8) is 0 Å². The molecule has 1 N–H and O–H groups in total. The van der Waals surface area contributed by atoms with Crippen LogP contribution in [-0.4, -0.2) is 43.9 Å². The number of amides is 1. The molecular weight excluding hydrogens is 294 g/mol. The molecule has 110 valence electrons. The van der Waals surface area contributed by atoms with E-state index in [-0.39, 0.29) is 12.3 Å². The fraction of sp³-hybridized carbons (Fsp3) is 0.357. The van der Waals surface area contributed by atoms with Gasteiger partial charge in [-0.2, -0.15) is 0 Å². The molecule has 3 heterocycles. The van der Waals surface area contributed by atoms with E-state index in [2.05, 4.69) is 4.98 Å². The number of halogens is 1. The first-order valence-corrected chi connectivity index (χ1v) is 7.08. The van der Waals surface area contributed by atoms with E-state index in [0.717, 1.165) is 6.42 Å². The lowest BCUT2D eigenvalue weighted by atomic mass is 10.2. The van der Waals surface area contributed by atoms with Crippen LogP contribution in [0.4, 0.5) is 0 Å². The van der Waals surface area contributed by atoms with Crippen LogP contribution in [0, 0.1) is 0 Å². The molecule has 2 aromatic heterocycles. The number of likely N-dealkylation sites (tertiary alicyclic amines) is 1. The number of imidazole rings is 1. The SMILES string of the molecule is O=C(O)C1CCCN1C(=O)Cc1cn2cc(Cl)ccc2n1. The normalized spacial score (nSPS) is 18.3. The van der Waals surface area contributed by atoms with Crippen molar-refractivity contribution in [2.75, 3.05) is 6.54 Å². The Kier molecular flexibility index (Phi) is 3.55. The zero-order chi connectivity index (χ0) is 15.0. The van der Waals surface area contributed by atoms with Gasteiger partial charge >= 0.3 is 5.97 Å². The lowest BCUT2D eigenvalue weighted by Gasteiger charge is -2.20. The molecule has 0 radical (unpaired) electrons. The summed E-state index contributed by atoms with van der Waals surface area (Å²) in [4.78, 5) is 29.2. The van der Waals surface area contributed by atoms with Gasteiger partial charge in [-0.25, -0.2) is 9.78 Å². The van der Waals surface area contributed by atoms with E-state index in [4.69, 9.17) is 16.7 Å². The first-order chi connectivity index (χ1) is 10.0. The minimum atomic E-state index is -0.942. The van der Waals surface area contributed by atoms with Crippen molar-refractivity contribution in [2.45, 2.75) is 25.3 Å². The summed E-state index contributed by atoms with van der Waals surface area (Å²) < 4.78 is 1.75. The maximum atomic E-state index is 12.3. The molecule has 21 heavy (non-hydrogen) atoms. The number of hydrogen-bond acceptors (Lipinski definition) is 3. The van der Waals surface area contributed by atoms with E-state index in [9.17, 15) is 9.59 Å². The summed E-state index contributed by atoms with van der Waals surface area (Å²) in [6.07, 6.45) is 4.80. The van der Waals surface area contributed by atoms with Crippen LogP contribution in [0.3, 0.4) is 0 Å². The summed E-state index contributed by atoms with van der Waals surface area (Å²) in [7, 11) is 0. The number of hydrogen-bond donors (Lipinski definition) is 1. The summed E-state index contributed by atoms with van der Waals surface area (Å²) >= 11 is 5.90. The van der Waals surface area contributed by atoms with Crippen molar-refractivity contribution in [1.29, 1.82) is 0 Å². The Morgan fingerprint density at radius 1 is 1.38 bits per heavy atom. The molecule has 1 unspecified atom stereocenters. The average Bonchev–Trinajstić information content (AvgIpc) is 3.03. The second kappa shape index (κ2) is 5.37. The highest BCUT2D eigenvalue weighted by Gasteiger charge is 2.33. The highest BCUT2D eigenvalue weighted by atomic mass is 35.5. The molecule has 7 heteroatoms. The van der Waals surface area contributed by atoms with Crippen molar-refractivity contribution in [1.82, 2.24) is 14.3 Å². The predicted octanol–water partition coefficient (Wildman–Crippen LogP) is 1.61. The third-order valence-electron chi connectivity index (χ3n) is 3.66. The fourth-order valence-electron chi connectivity index (χ4n) is 2.68. The molecule has 0 bridgehead atoms. The quantitative estimate of drug-likeness (QED) is 0.934. The molecule has 6 nitrogen and oxygen atoms in total. The van der Waals surface area contributed by atoms with Gasteiger partial charge in [0.1, 0.15) is 11.7 Å². The Labute approximate surface area is 125 Å². The summed E-state index contributed by atoms with van der Waals surface area (Å²) in [5.41, 5.74) is 1.32. The van der Waals surface area contributed by atoms with Gasteiger partial charge < -0.3 is 14.4 Å². The van der Waals surface area contributed by atoms with Crippen LogP contribution in [-0.2, 0) is 16.0 Å². The highest BCUT2D eigenvalue weighted by Crippen LogP contribution is 2.19. The van der Waals surface area contributed by atoms with Gasteiger partial charge in [-0.1, -0.05) is 11.6 Å². The van der Waals surface area contributed by atoms with Gasteiger partial charge in [0.15, 0.2) is 0 Å². The number of pyridine rings is 1. The number of aromatic nitrogens is 2. The van der Waals surface area contributed by atoms with Gasteiger partial charge in [-0.15, -0.1) is 0 Å². The van der Waals surface area contributed by atoms with E-state index < -0.39 is 12.0 Å². The molecule has 2 aromatic rings. The van der Waals surface area contributed by atoms with Gasteiger partial charge in [0, 0.05) is 18.9 Å². The lowest BCUT2D eigenvalue weighted by Crippen LogP contribution is -2.41. The number of nitrogens with zero attached hydrogens (tertiary/aromatic N) is 3. The van der Waals surface area contributed by atoms with E-state index in [1.165, 1.54) is 4.90 Å². The van der Waals surface area contributed by atoms with E-state index in [1.54, 1.807) is 28.9 Å². The number of carbonyl (C=O) groups excluding carboxylic acids is 1. The standard InChI is InChI=1S/C14H14ClN3O3/c15-9-3-4-12-16-10(8-17(12)7-9)6-13(19)18-5-1-2-11(18)14(20)21/h3-4,7-8,11H,1-2,5-6H2,(H,20,21). The number of carboxylic acids is 1. The maximum absolute atomic E-state index is 12.3. The van der Waals surface area contributed by atoms with Crippen LogP contribution in [0.15, 0.2) is 24.5 Å². The molecule has 1 atom stereocenters. The van der Waals surface area contributed by atoms with E-state index in [0.29, 0.717) is 29.3 Å². The largest absolute Gasteiger partial charge is 0.480 e. The molecule has 0 spiro atoms. The average molecular weight is 308 g/mol. The fourth-order valence-corrected chi connectivity index (χ4v) is 2.85. The van der Waals surface area contributed by atoms with Gasteiger partial charge in [-0.05, 0) is 25.0 Å². The molecule has 1 saturated heterocycles. The summed E-state index contributed by atoms with van der Waals surface area (Å²) in [6, 6.07) is 2.80. The van der Waals surface area contributed by atoms with Crippen LogP contribution in [0.1, 0.15) is 18.5 Å². The Morgan fingerprint density at radius 2 is 2.19 bits per heavy atom. The first kappa shape index (κ1) is 13.9. The van der Waals surface area contributed by atoms with E-state index >= 15 is 0 Å². The minimum Gasteiger partial charge on any atom is -0.480 e. The summed E-state index contributed by atoms with van der Waals surface area (Å²) in [5.74, 6) is -1.14. The molecule has 1 amide bonds. The monoisotopic (exact) mass is 307 g/mol. The molecule has 3 rings (SSSR count). The van der Waals surface area contributed by atoms with Crippen LogP contribution >= 0.6 is 11.6 Å². The zero-order valence-electron chi connectivity index (χ0n) is 11.2. The zero-order valence-corrected chi connectivity index (χ0v) is 12.0. The van der Waals surface area contributed by atoms with Crippen molar-refractivity contribution >= 4 is 29.1 Å². The van der Waals surface area contributed by atoms with Crippen molar-refractivity contribution < 1.29 is 14.7 Å². The van der Waals surface area contributed by atoms with Gasteiger partial charge in [0.25, 0.3) is 0 Å². The maximum Gasteiger partial charge on any atom is 0.326 e. The van der Waals surface area contributed by atoms with Crippen LogP contribution in [0.2, 0.25) is 5.02 Å². The Morgan fingerprint density at radius 3 is 2.95 bits per heavy atom. The molecule has 1 fully saturated rings. The Balaban J connectivity index is 1.78. The van der Waals surface area contributed by atoms with Crippen LogP contribution < -0.4 is 0 Å². The first-order valence-electron chi connectivity index (χ1n) is 6.70. The third-order valence-corrected chi connectivity index (χ3v) is 3.88. The van der Waals surface area contributed by atoms with Gasteiger partial charge in [0.2, 0.25) is 5.91 Å². The van der Waals surface area contributed by atoms with Crippen LogP contribution in [0.25, 0.3) is 5.65 Å². The van der Waals surface area contributed by atoms with Crippen molar-refractivity contribution in [3.8, 4) is 0 Å². The Bertz CT molecular complexity index is 713. The highest BCUT2D eigenvalue weighted by molar-refractivity contribution is 6.30. The number of fused-ring (bicyclic) bond motifs is 1. The number of aliphatic carboxylic acids is 1. The van der Waals surface area contributed by atoms with Gasteiger partial charge in [-0.3, -0.25) is 4.79 Å². The third kappa shape index (κ3) is 2.71. The van der Waals surface area contributed by atoms with Crippen molar-refractivity contribution in [3.05, 3.63) is 35.2 Å². The molecule has 0 saturated carbocycles. The molecular formula is C14H14ClN3O3. The molecule has 0 aliphatic carbocycles. The number of carbonyl (C=O) groups is 2. The summed E-state index contributed by atoms with van der Waals surface area (Å²) in [6.45, 7) is 0.495. The molecule has 1 aliphatic rings. The molecule has 1 aliphatic heterocycles. The predicted molar refractivity (Wildman–Crippen MR) is 76.3 cm³/mol. The summed E-state index contributed by atoms with van der Waals surface area (Å²) in [5, 5.41) is 9.70. The Hall–Kier alpha value is -2.08. The smallest absolute Gasteiger partial charge is 0.326 e. The van der Waals surface area contributed by atoms with E-state index in [1.807, 2.05) is 0 Å². The minimum absolute atomic E-state index is 0.100. The van der Waals surface area contributed by atoms with Crippen molar-refractivity contribution in [2.24, 2.45) is 0 Å². The second-order valence-electron chi connectivity index (χ2n) is 5.11. The number of rotatable bonds is 3. The number of carboxylic acid groups (broad SMARTS) is 1. The second-order valence-corrected chi connectivity index (χ2v) is 5.54. The van der Waals surface area contributed by atoms with Crippen LogP contribution in [0.5, 0.6) is 0 Å². The van der Waals surface area contributed by atoms with Gasteiger partial charge in [0.05, 0.1) is 17.1 Å².